The molecule has 1 aromatic carbocycles. The van der Waals surface area contributed by atoms with E-state index >= 15 is 0 Å². The maximum absolute atomic E-state index is 11.8. The SMILES string of the molecule is N#CCNC(=O)CS(=O)(=O)c1cccc(C(=O)O)c1. The van der Waals surface area contributed by atoms with Crippen LogP contribution < -0.4 is 5.32 Å². The summed E-state index contributed by atoms with van der Waals surface area (Å²) in [5.41, 5.74) is -0.182. The summed E-state index contributed by atoms with van der Waals surface area (Å²) in [6.07, 6.45) is 0. The molecule has 1 amide bonds. The van der Waals surface area contributed by atoms with Crippen LogP contribution in [0, 0.1) is 11.3 Å². The van der Waals surface area contributed by atoms with Gasteiger partial charge in [-0.15, -0.1) is 0 Å². The van der Waals surface area contributed by atoms with Crippen molar-refractivity contribution < 1.29 is 23.1 Å². The van der Waals surface area contributed by atoms with E-state index in [1.807, 2.05) is 0 Å². The van der Waals surface area contributed by atoms with Gasteiger partial charge in [0.1, 0.15) is 12.3 Å². The number of nitrogens with zero attached hydrogens (tertiary/aromatic N) is 1. The number of carboxylic acids is 1. The highest BCUT2D eigenvalue weighted by Crippen LogP contribution is 2.13. The molecule has 0 heterocycles. The zero-order valence-electron chi connectivity index (χ0n) is 9.66. The first-order valence-electron chi connectivity index (χ1n) is 5.06. The van der Waals surface area contributed by atoms with E-state index in [9.17, 15) is 18.0 Å². The van der Waals surface area contributed by atoms with Crippen molar-refractivity contribution in [1.82, 2.24) is 5.32 Å². The summed E-state index contributed by atoms with van der Waals surface area (Å²) in [5.74, 6) is -2.91. The molecule has 1 aromatic rings. The lowest BCUT2D eigenvalue weighted by Gasteiger charge is -2.05. The molecule has 0 saturated carbocycles. The van der Waals surface area contributed by atoms with E-state index in [1.54, 1.807) is 6.07 Å². The Hall–Kier alpha value is -2.40. The van der Waals surface area contributed by atoms with Crippen LogP contribution in [0.5, 0.6) is 0 Å². The minimum absolute atomic E-state index is 0.182. The molecule has 0 saturated heterocycles. The van der Waals surface area contributed by atoms with E-state index in [0.29, 0.717) is 0 Å². The third-order valence-corrected chi connectivity index (χ3v) is 3.74. The molecule has 0 bridgehead atoms. The standard InChI is InChI=1S/C11H10N2O5S/c12-4-5-13-10(14)7-19(17,18)9-3-1-2-8(6-9)11(15)16/h1-3,6H,5,7H2,(H,13,14)(H,15,16). The Morgan fingerprint density at radius 1 is 1.37 bits per heavy atom. The quantitative estimate of drug-likeness (QED) is 0.720. The molecule has 19 heavy (non-hydrogen) atoms. The lowest BCUT2D eigenvalue weighted by atomic mass is 10.2. The van der Waals surface area contributed by atoms with Crippen molar-refractivity contribution in [3.63, 3.8) is 0 Å². The maximum Gasteiger partial charge on any atom is 0.335 e. The first-order valence-corrected chi connectivity index (χ1v) is 6.72. The summed E-state index contributed by atoms with van der Waals surface area (Å²) < 4.78 is 23.7. The highest BCUT2D eigenvalue weighted by Gasteiger charge is 2.20. The molecule has 8 heteroatoms. The number of carbonyl (C=O) groups is 2. The molecule has 0 aromatic heterocycles. The second kappa shape index (κ2) is 5.97. The monoisotopic (exact) mass is 282 g/mol. The summed E-state index contributed by atoms with van der Waals surface area (Å²) >= 11 is 0. The van der Waals surface area contributed by atoms with Crippen LogP contribution in [0.1, 0.15) is 10.4 Å². The third-order valence-electron chi connectivity index (χ3n) is 2.13. The van der Waals surface area contributed by atoms with Crippen LogP contribution in [0.25, 0.3) is 0 Å². The summed E-state index contributed by atoms with van der Waals surface area (Å²) in [7, 11) is -3.93. The van der Waals surface area contributed by atoms with Gasteiger partial charge in [0.25, 0.3) is 0 Å². The molecule has 0 atom stereocenters. The lowest BCUT2D eigenvalue weighted by molar-refractivity contribution is -0.118. The Bertz CT molecular complexity index is 645. The van der Waals surface area contributed by atoms with Crippen LogP contribution in [-0.2, 0) is 14.6 Å². The van der Waals surface area contributed by atoms with Gasteiger partial charge >= 0.3 is 5.97 Å². The fourth-order valence-electron chi connectivity index (χ4n) is 1.27. The molecule has 0 fully saturated rings. The Kier molecular flexibility index (Phi) is 4.61. The topological polar surface area (TPSA) is 124 Å². The molecule has 0 radical (unpaired) electrons. The second-order valence-electron chi connectivity index (χ2n) is 3.53. The van der Waals surface area contributed by atoms with Crippen molar-refractivity contribution in [2.24, 2.45) is 0 Å². The van der Waals surface area contributed by atoms with Crippen molar-refractivity contribution in [1.29, 1.82) is 5.26 Å². The molecule has 0 unspecified atom stereocenters. The minimum atomic E-state index is -3.93. The van der Waals surface area contributed by atoms with E-state index < -0.39 is 27.5 Å². The van der Waals surface area contributed by atoms with Gasteiger partial charge in [0.15, 0.2) is 9.84 Å². The molecule has 0 spiro atoms. The van der Waals surface area contributed by atoms with Gasteiger partial charge in [0, 0.05) is 0 Å². The molecule has 1 rings (SSSR count). The van der Waals surface area contributed by atoms with Crippen molar-refractivity contribution in [2.45, 2.75) is 4.90 Å². The first kappa shape index (κ1) is 14.7. The Labute approximate surface area is 109 Å². The Morgan fingerprint density at radius 2 is 2.05 bits per heavy atom. The minimum Gasteiger partial charge on any atom is -0.478 e. The third kappa shape index (κ3) is 4.08. The van der Waals surface area contributed by atoms with Gasteiger partial charge in [0.05, 0.1) is 16.5 Å². The van der Waals surface area contributed by atoms with Gasteiger partial charge < -0.3 is 10.4 Å². The van der Waals surface area contributed by atoms with Crippen molar-refractivity contribution in [3.05, 3.63) is 29.8 Å². The van der Waals surface area contributed by atoms with Gasteiger partial charge in [-0.1, -0.05) is 6.07 Å². The first-order chi connectivity index (χ1) is 8.86. The zero-order valence-corrected chi connectivity index (χ0v) is 10.5. The van der Waals surface area contributed by atoms with Crippen molar-refractivity contribution in [3.8, 4) is 6.07 Å². The van der Waals surface area contributed by atoms with E-state index in [4.69, 9.17) is 10.4 Å². The number of benzene rings is 1. The normalized spacial score (nSPS) is 10.5. The molecule has 2 N–H and O–H groups in total. The molecule has 0 aliphatic rings. The van der Waals surface area contributed by atoms with Gasteiger partial charge in [-0.25, -0.2) is 13.2 Å². The number of hydrogen-bond donors (Lipinski definition) is 2. The van der Waals surface area contributed by atoms with Crippen LogP contribution in [0.15, 0.2) is 29.2 Å². The Morgan fingerprint density at radius 3 is 2.63 bits per heavy atom. The number of carbonyl (C=O) groups excluding carboxylic acids is 1. The number of nitrogens with one attached hydrogen (secondary N) is 1. The number of nitriles is 1. The molecular formula is C11H10N2O5S. The highest BCUT2D eigenvalue weighted by atomic mass is 32.2. The van der Waals surface area contributed by atoms with Crippen LogP contribution in [-0.4, -0.2) is 37.7 Å². The van der Waals surface area contributed by atoms with E-state index in [-0.39, 0.29) is 17.0 Å². The molecule has 7 nitrogen and oxygen atoms in total. The fraction of sp³-hybridized carbons (Fsp3) is 0.182. The van der Waals surface area contributed by atoms with Gasteiger partial charge in [-0.2, -0.15) is 5.26 Å². The average molecular weight is 282 g/mol. The molecule has 100 valence electrons. The average Bonchev–Trinajstić information content (AvgIpc) is 2.36. The van der Waals surface area contributed by atoms with E-state index in [0.717, 1.165) is 6.07 Å². The molecule has 0 aliphatic heterocycles. The highest BCUT2D eigenvalue weighted by molar-refractivity contribution is 7.92. The van der Waals surface area contributed by atoms with Gasteiger partial charge in [-0.3, -0.25) is 4.79 Å². The number of rotatable bonds is 5. The van der Waals surface area contributed by atoms with E-state index in [2.05, 4.69) is 5.32 Å². The molecule has 0 aliphatic carbocycles. The summed E-state index contributed by atoms with van der Waals surface area (Å²) in [5, 5.41) is 19.1. The van der Waals surface area contributed by atoms with Crippen LogP contribution in [0.3, 0.4) is 0 Å². The van der Waals surface area contributed by atoms with Gasteiger partial charge in [0.2, 0.25) is 5.91 Å². The van der Waals surface area contributed by atoms with Crippen LogP contribution in [0.2, 0.25) is 0 Å². The van der Waals surface area contributed by atoms with E-state index in [1.165, 1.54) is 18.2 Å². The zero-order chi connectivity index (χ0) is 14.5. The van der Waals surface area contributed by atoms with Crippen LogP contribution >= 0.6 is 0 Å². The number of amides is 1. The van der Waals surface area contributed by atoms with Gasteiger partial charge in [-0.05, 0) is 18.2 Å². The van der Waals surface area contributed by atoms with Crippen molar-refractivity contribution >= 4 is 21.7 Å². The summed E-state index contributed by atoms with van der Waals surface area (Å²) in [6, 6.07) is 6.36. The van der Waals surface area contributed by atoms with Crippen molar-refractivity contribution in [2.75, 3.05) is 12.3 Å². The predicted molar refractivity (Wildman–Crippen MR) is 64.1 cm³/mol. The summed E-state index contributed by atoms with van der Waals surface area (Å²) in [6.45, 7) is -0.288. The number of carboxylic acid groups (broad SMARTS) is 1. The maximum atomic E-state index is 11.8. The lowest BCUT2D eigenvalue weighted by Crippen LogP contribution is -2.30. The summed E-state index contributed by atoms with van der Waals surface area (Å²) in [4.78, 5) is 21.7. The molecular weight excluding hydrogens is 272 g/mol. The Balaban J connectivity index is 2.95. The number of aromatic carboxylic acids is 1. The number of hydrogen-bond acceptors (Lipinski definition) is 5. The van der Waals surface area contributed by atoms with Crippen LogP contribution in [0.4, 0.5) is 0 Å². The predicted octanol–water partition coefficient (Wildman–Crippen LogP) is -0.202. The fourth-order valence-corrected chi connectivity index (χ4v) is 2.47. The second-order valence-corrected chi connectivity index (χ2v) is 5.52. The number of sulfone groups is 1. The smallest absolute Gasteiger partial charge is 0.335 e. The largest absolute Gasteiger partial charge is 0.478 e.